The maximum Gasteiger partial charge on any atom is 0.191 e. The average molecular weight is 323 g/mol. The molecule has 23 heavy (non-hydrogen) atoms. The van der Waals surface area contributed by atoms with E-state index in [2.05, 4.69) is 53.5 Å². The van der Waals surface area contributed by atoms with Crippen molar-refractivity contribution in [1.82, 2.24) is 25.4 Å². The summed E-state index contributed by atoms with van der Waals surface area (Å²) in [6.45, 7) is 12.0. The number of rotatable bonds is 11. The number of aryl methyl sites for hydroxylation is 1. The Labute approximate surface area is 141 Å². The third kappa shape index (κ3) is 8.57. The number of unbranched alkanes of at least 4 members (excludes halogenated alkanes) is 3. The van der Waals surface area contributed by atoms with Crippen LogP contribution in [0.4, 0.5) is 0 Å². The molecule has 0 spiro atoms. The number of hydrogen-bond donors (Lipinski definition) is 2. The van der Waals surface area contributed by atoms with Gasteiger partial charge in [-0.1, -0.05) is 39.5 Å². The van der Waals surface area contributed by atoms with Crippen LogP contribution < -0.4 is 10.6 Å². The molecule has 0 aliphatic carbocycles. The summed E-state index contributed by atoms with van der Waals surface area (Å²) >= 11 is 0. The van der Waals surface area contributed by atoms with E-state index in [-0.39, 0.29) is 0 Å². The smallest absolute Gasteiger partial charge is 0.191 e. The minimum atomic E-state index is 0.553. The van der Waals surface area contributed by atoms with Crippen LogP contribution in [-0.2, 0) is 13.1 Å². The fraction of sp³-hybridized carbons (Fsp3) is 0.824. The van der Waals surface area contributed by atoms with E-state index in [1.807, 2.05) is 4.57 Å². The molecule has 0 radical (unpaired) electrons. The summed E-state index contributed by atoms with van der Waals surface area (Å²) in [5.74, 6) is 2.59. The second kappa shape index (κ2) is 11.9. The van der Waals surface area contributed by atoms with E-state index in [1.54, 1.807) is 6.33 Å². The lowest BCUT2D eigenvalue weighted by Crippen LogP contribution is -2.37. The van der Waals surface area contributed by atoms with Gasteiger partial charge in [-0.05, 0) is 26.2 Å². The van der Waals surface area contributed by atoms with Gasteiger partial charge in [-0.2, -0.15) is 0 Å². The standard InChI is InChI=1S/C17H34N6/c1-5-18-17(19-12-10-8-7-9-11-15(3)4)20-13-16-22-21-14-23(16)6-2/h14-15H,5-13H2,1-4H3,(H2,18,19,20). The molecule has 0 saturated carbocycles. The highest BCUT2D eigenvalue weighted by molar-refractivity contribution is 5.79. The number of aromatic nitrogens is 3. The van der Waals surface area contributed by atoms with Gasteiger partial charge in [-0.25, -0.2) is 4.99 Å². The molecule has 2 N–H and O–H groups in total. The molecular weight excluding hydrogens is 288 g/mol. The van der Waals surface area contributed by atoms with Gasteiger partial charge in [-0.15, -0.1) is 10.2 Å². The third-order valence-corrected chi connectivity index (χ3v) is 3.76. The quantitative estimate of drug-likeness (QED) is 0.373. The van der Waals surface area contributed by atoms with Crippen LogP contribution in [0.2, 0.25) is 0 Å². The van der Waals surface area contributed by atoms with Crippen LogP contribution in [0.15, 0.2) is 11.3 Å². The van der Waals surface area contributed by atoms with Gasteiger partial charge >= 0.3 is 0 Å². The fourth-order valence-corrected chi connectivity index (χ4v) is 2.39. The molecule has 1 aromatic rings. The van der Waals surface area contributed by atoms with Gasteiger partial charge in [0.25, 0.3) is 0 Å². The number of aliphatic imine (C=N–C) groups is 1. The van der Waals surface area contributed by atoms with E-state index in [1.165, 1.54) is 32.1 Å². The van der Waals surface area contributed by atoms with Gasteiger partial charge in [0, 0.05) is 19.6 Å². The second-order valence-corrected chi connectivity index (χ2v) is 6.25. The van der Waals surface area contributed by atoms with Gasteiger partial charge < -0.3 is 15.2 Å². The molecular formula is C17H34N6. The first-order valence-electron chi connectivity index (χ1n) is 9.06. The summed E-state index contributed by atoms with van der Waals surface area (Å²) in [6.07, 6.45) is 8.24. The Morgan fingerprint density at radius 1 is 1.17 bits per heavy atom. The Kier molecular flexibility index (Phi) is 10.1. The molecule has 6 heteroatoms. The molecule has 1 aromatic heterocycles. The summed E-state index contributed by atoms with van der Waals surface area (Å²) in [5, 5.41) is 14.7. The monoisotopic (exact) mass is 322 g/mol. The molecule has 0 amide bonds. The van der Waals surface area contributed by atoms with Crippen molar-refractivity contribution in [3.05, 3.63) is 12.2 Å². The number of guanidine groups is 1. The predicted octanol–water partition coefficient (Wildman–Crippen LogP) is 2.96. The zero-order chi connectivity index (χ0) is 16.9. The molecule has 132 valence electrons. The minimum absolute atomic E-state index is 0.553. The van der Waals surface area contributed by atoms with E-state index in [0.717, 1.165) is 37.3 Å². The molecule has 0 saturated heterocycles. The molecule has 0 bridgehead atoms. The van der Waals surface area contributed by atoms with Gasteiger partial charge in [0.15, 0.2) is 11.8 Å². The molecule has 0 aliphatic rings. The lowest BCUT2D eigenvalue weighted by atomic mass is 10.0. The first-order valence-corrected chi connectivity index (χ1v) is 9.06. The van der Waals surface area contributed by atoms with Crippen LogP contribution >= 0.6 is 0 Å². The summed E-state index contributed by atoms with van der Waals surface area (Å²) in [7, 11) is 0. The van der Waals surface area contributed by atoms with E-state index in [4.69, 9.17) is 0 Å². The van der Waals surface area contributed by atoms with Gasteiger partial charge in [0.05, 0.1) is 0 Å². The fourth-order valence-electron chi connectivity index (χ4n) is 2.39. The predicted molar refractivity (Wildman–Crippen MR) is 96.4 cm³/mol. The first kappa shape index (κ1) is 19.5. The summed E-state index contributed by atoms with van der Waals surface area (Å²) < 4.78 is 2.02. The average Bonchev–Trinajstić information content (AvgIpc) is 2.98. The van der Waals surface area contributed by atoms with E-state index in [9.17, 15) is 0 Å². The third-order valence-electron chi connectivity index (χ3n) is 3.76. The molecule has 0 fully saturated rings. The molecule has 0 atom stereocenters. The zero-order valence-electron chi connectivity index (χ0n) is 15.3. The van der Waals surface area contributed by atoms with E-state index >= 15 is 0 Å². The lowest BCUT2D eigenvalue weighted by Gasteiger charge is -2.11. The van der Waals surface area contributed by atoms with Crippen LogP contribution in [0.1, 0.15) is 65.6 Å². The van der Waals surface area contributed by atoms with Crippen molar-refractivity contribution >= 4 is 5.96 Å². The summed E-state index contributed by atoms with van der Waals surface area (Å²) in [4.78, 5) is 4.59. The highest BCUT2D eigenvalue weighted by Gasteiger charge is 2.03. The maximum absolute atomic E-state index is 4.59. The van der Waals surface area contributed by atoms with Gasteiger partial charge in [0.1, 0.15) is 12.9 Å². The Hall–Kier alpha value is -1.59. The Morgan fingerprint density at radius 2 is 1.96 bits per heavy atom. The number of nitrogens with zero attached hydrogens (tertiary/aromatic N) is 4. The first-order chi connectivity index (χ1) is 11.2. The number of hydrogen-bond acceptors (Lipinski definition) is 3. The van der Waals surface area contributed by atoms with Crippen molar-refractivity contribution in [1.29, 1.82) is 0 Å². The molecule has 6 nitrogen and oxygen atoms in total. The SMILES string of the molecule is CCNC(=NCc1nncn1CC)NCCCCCCC(C)C. The van der Waals surface area contributed by atoms with Crippen molar-refractivity contribution in [2.24, 2.45) is 10.9 Å². The van der Waals surface area contributed by atoms with Crippen LogP contribution in [-0.4, -0.2) is 33.8 Å². The van der Waals surface area contributed by atoms with Crippen LogP contribution in [0.3, 0.4) is 0 Å². The largest absolute Gasteiger partial charge is 0.357 e. The molecule has 1 heterocycles. The topological polar surface area (TPSA) is 67.1 Å². The van der Waals surface area contributed by atoms with Crippen molar-refractivity contribution in [3.8, 4) is 0 Å². The van der Waals surface area contributed by atoms with Crippen LogP contribution in [0.5, 0.6) is 0 Å². The van der Waals surface area contributed by atoms with Crippen molar-refractivity contribution in [3.63, 3.8) is 0 Å². The molecule has 1 rings (SSSR count). The number of nitrogens with one attached hydrogen (secondary N) is 2. The lowest BCUT2D eigenvalue weighted by molar-refractivity contribution is 0.518. The van der Waals surface area contributed by atoms with Gasteiger partial charge in [-0.3, -0.25) is 0 Å². The zero-order valence-corrected chi connectivity index (χ0v) is 15.3. The summed E-state index contributed by atoms with van der Waals surface area (Å²) in [6, 6.07) is 0. The highest BCUT2D eigenvalue weighted by Crippen LogP contribution is 2.08. The Balaban J connectivity index is 2.27. The normalized spacial score (nSPS) is 12.0. The highest BCUT2D eigenvalue weighted by atomic mass is 15.3. The minimum Gasteiger partial charge on any atom is -0.357 e. The maximum atomic E-state index is 4.59. The van der Waals surface area contributed by atoms with E-state index in [0.29, 0.717) is 6.54 Å². The Bertz CT molecular complexity index is 438. The second-order valence-electron chi connectivity index (χ2n) is 6.25. The van der Waals surface area contributed by atoms with Crippen LogP contribution in [0, 0.1) is 5.92 Å². The van der Waals surface area contributed by atoms with Crippen LogP contribution in [0.25, 0.3) is 0 Å². The van der Waals surface area contributed by atoms with Crippen molar-refractivity contribution in [2.45, 2.75) is 72.9 Å². The Morgan fingerprint density at radius 3 is 2.65 bits per heavy atom. The van der Waals surface area contributed by atoms with Crippen molar-refractivity contribution < 1.29 is 0 Å². The van der Waals surface area contributed by atoms with E-state index < -0.39 is 0 Å². The van der Waals surface area contributed by atoms with Gasteiger partial charge in [0.2, 0.25) is 0 Å². The summed E-state index contributed by atoms with van der Waals surface area (Å²) in [5.41, 5.74) is 0. The molecule has 0 unspecified atom stereocenters. The van der Waals surface area contributed by atoms with Crippen molar-refractivity contribution in [2.75, 3.05) is 13.1 Å². The molecule has 0 aromatic carbocycles. The molecule has 0 aliphatic heterocycles.